The molecule has 0 aliphatic carbocycles. The number of hydrogen-bond acceptors (Lipinski definition) is 5. The summed E-state index contributed by atoms with van der Waals surface area (Å²) in [5.74, 6) is -0.229. The molecule has 0 spiro atoms. The summed E-state index contributed by atoms with van der Waals surface area (Å²) in [6.45, 7) is 0. The van der Waals surface area contributed by atoms with Gasteiger partial charge in [0, 0.05) is 5.56 Å². The summed E-state index contributed by atoms with van der Waals surface area (Å²) in [7, 11) is 1.41. The molecule has 5 nitrogen and oxygen atoms in total. The molecule has 2 rings (SSSR count). The monoisotopic (exact) mass is 369 g/mol. The second-order valence-electron chi connectivity index (χ2n) is 3.88. The zero-order chi connectivity index (χ0) is 15.6. The Kier molecular flexibility index (Phi) is 4.65. The average Bonchev–Trinajstić information content (AvgIpc) is 2.48. The average molecular weight is 370 g/mol. The number of benzene rings is 1. The molecular weight excluding hydrogens is 361 g/mol. The van der Waals surface area contributed by atoms with Gasteiger partial charge in [0.15, 0.2) is 5.16 Å². The van der Waals surface area contributed by atoms with Crippen LogP contribution in [0.1, 0.15) is 5.56 Å². The van der Waals surface area contributed by atoms with Crippen LogP contribution in [0.4, 0.5) is 4.39 Å². The van der Waals surface area contributed by atoms with Gasteiger partial charge in [-0.1, -0.05) is 11.8 Å². The first-order valence-corrected chi connectivity index (χ1v) is 7.65. The first kappa shape index (κ1) is 15.5. The lowest BCUT2D eigenvalue weighted by atomic mass is 10.1. The van der Waals surface area contributed by atoms with E-state index in [1.807, 2.05) is 0 Å². The second-order valence-corrected chi connectivity index (χ2v) is 5.53. The fourth-order valence-electron chi connectivity index (χ4n) is 1.73. The van der Waals surface area contributed by atoms with Gasteiger partial charge in [-0.05, 0) is 34.3 Å². The molecule has 0 bridgehead atoms. The predicted octanol–water partition coefficient (Wildman–Crippen LogP) is 2.94. The van der Waals surface area contributed by atoms with Crippen LogP contribution in [-0.4, -0.2) is 23.3 Å². The van der Waals surface area contributed by atoms with Crippen molar-refractivity contribution in [2.24, 2.45) is 0 Å². The van der Waals surface area contributed by atoms with Crippen LogP contribution in [0.25, 0.3) is 11.3 Å². The van der Waals surface area contributed by atoms with Gasteiger partial charge < -0.3 is 9.72 Å². The molecule has 21 heavy (non-hydrogen) atoms. The Hall–Kier alpha value is -1.85. The van der Waals surface area contributed by atoms with Gasteiger partial charge in [-0.25, -0.2) is 9.37 Å². The minimum atomic E-state index is -0.572. The van der Waals surface area contributed by atoms with Crippen LogP contribution in [-0.2, 0) is 0 Å². The van der Waals surface area contributed by atoms with Gasteiger partial charge in [0.25, 0.3) is 5.56 Å². The van der Waals surface area contributed by atoms with E-state index in [0.29, 0.717) is 10.9 Å². The number of H-pyrrole nitrogens is 1. The van der Waals surface area contributed by atoms with Gasteiger partial charge in [-0.2, -0.15) is 5.26 Å². The number of ether oxygens (including phenoxy) is 1. The minimum Gasteiger partial charge on any atom is -0.496 e. The van der Waals surface area contributed by atoms with Crippen LogP contribution < -0.4 is 10.3 Å². The topological polar surface area (TPSA) is 78.8 Å². The van der Waals surface area contributed by atoms with Crippen LogP contribution in [0.5, 0.6) is 5.75 Å². The zero-order valence-corrected chi connectivity index (χ0v) is 13.4. The summed E-state index contributed by atoms with van der Waals surface area (Å²) < 4.78 is 19.2. The molecule has 1 heterocycles. The van der Waals surface area contributed by atoms with E-state index in [0.717, 1.165) is 0 Å². The van der Waals surface area contributed by atoms with Crippen molar-refractivity contribution in [1.82, 2.24) is 9.97 Å². The lowest BCUT2D eigenvalue weighted by Crippen LogP contribution is -2.15. The molecule has 0 radical (unpaired) electrons. The third-order valence-corrected chi connectivity index (χ3v) is 3.89. The molecular formula is C13H9BrFN3O2S. The quantitative estimate of drug-likeness (QED) is 0.664. The number of nitriles is 1. The molecule has 0 unspecified atom stereocenters. The van der Waals surface area contributed by atoms with E-state index >= 15 is 0 Å². The third kappa shape index (κ3) is 2.94. The van der Waals surface area contributed by atoms with Crippen LogP contribution >= 0.6 is 27.7 Å². The summed E-state index contributed by atoms with van der Waals surface area (Å²) in [5, 5.41) is 9.48. The first-order valence-electron chi connectivity index (χ1n) is 5.63. The summed E-state index contributed by atoms with van der Waals surface area (Å²) in [6.07, 6.45) is 1.73. The highest BCUT2D eigenvalue weighted by Gasteiger charge is 2.19. The van der Waals surface area contributed by atoms with Crippen molar-refractivity contribution >= 4 is 27.7 Å². The maximum absolute atomic E-state index is 13.8. The van der Waals surface area contributed by atoms with Gasteiger partial charge >= 0.3 is 0 Å². The van der Waals surface area contributed by atoms with Crippen molar-refractivity contribution in [1.29, 1.82) is 5.26 Å². The molecule has 1 aromatic heterocycles. The van der Waals surface area contributed by atoms with Crippen molar-refractivity contribution in [2.75, 3.05) is 13.4 Å². The molecule has 0 fully saturated rings. The molecule has 8 heteroatoms. The molecule has 0 aliphatic heterocycles. The number of rotatable bonds is 3. The number of aromatic nitrogens is 2. The summed E-state index contributed by atoms with van der Waals surface area (Å²) in [6, 6.07) is 4.39. The molecule has 108 valence electrons. The van der Waals surface area contributed by atoms with Crippen LogP contribution in [0.15, 0.2) is 26.6 Å². The SMILES string of the molecule is COc1cc(Br)c(F)cc1-c1nc(SC)[nH]c(=O)c1C#N. The maximum atomic E-state index is 13.8. The zero-order valence-electron chi connectivity index (χ0n) is 11.0. The van der Waals surface area contributed by atoms with Gasteiger partial charge in [0.2, 0.25) is 0 Å². The smallest absolute Gasteiger partial charge is 0.270 e. The van der Waals surface area contributed by atoms with Crippen LogP contribution in [0.3, 0.4) is 0 Å². The number of nitrogens with one attached hydrogen (secondary N) is 1. The largest absolute Gasteiger partial charge is 0.496 e. The van der Waals surface area contributed by atoms with E-state index in [1.54, 1.807) is 12.3 Å². The predicted molar refractivity (Wildman–Crippen MR) is 81.0 cm³/mol. The van der Waals surface area contributed by atoms with Gasteiger partial charge in [0.1, 0.15) is 28.9 Å². The lowest BCUT2D eigenvalue weighted by Gasteiger charge is -2.11. The summed E-state index contributed by atoms with van der Waals surface area (Å²) >= 11 is 4.27. The van der Waals surface area contributed by atoms with Gasteiger partial charge in [-0.3, -0.25) is 4.79 Å². The molecule has 0 amide bonds. The molecule has 1 N–H and O–H groups in total. The van der Waals surface area contributed by atoms with Gasteiger partial charge in [-0.15, -0.1) is 0 Å². The first-order chi connectivity index (χ1) is 10.0. The van der Waals surface area contributed by atoms with Crippen molar-refractivity contribution in [3.05, 3.63) is 38.3 Å². The van der Waals surface area contributed by atoms with Crippen molar-refractivity contribution in [2.45, 2.75) is 5.16 Å². The van der Waals surface area contributed by atoms with Crippen molar-refractivity contribution < 1.29 is 9.13 Å². The molecule has 0 saturated heterocycles. The number of aromatic amines is 1. The standard InChI is InChI=1S/C13H9BrFN3O2S/c1-20-10-4-8(14)9(15)3-6(10)11-7(5-16)12(19)18-13(17-11)21-2/h3-4H,1-2H3,(H,17,18,19). The Morgan fingerprint density at radius 1 is 1.52 bits per heavy atom. The van der Waals surface area contributed by atoms with E-state index in [1.165, 1.54) is 31.0 Å². The summed E-state index contributed by atoms with van der Waals surface area (Å²) in [5.41, 5.74) is -0.421. The second kappa shape index (κ2) is 6.28. The van der Waals surface area contributed by atoms with E-state index < -0.39 is 11.4 Å². The Labute approximate surface area is 132 Å². The summed E-state index contributed by atoms with van der Waals surface area (Å²) in [4.78, 5) is 18.6. The normalized spacial score (nSPS) is 10.2. The number of thioether (sulfide) groups is 1. The fourth-order valence-corrected chi connectivity index (χ4v) is 2.43. The fraction of sp³-hybridized carbons (Fsp3) is 0.154. The van der Waals surface area contributed by atoms with Crippen LogP contribution in [0, 0.1) is 17.1 Å². The number of hydrogen-bond donors (Lipinski definition) is 1. The Morgan fingerprint density at radius 3 is 2.81 bits per heavy atom. The van der Waals surface area contributed by atoms with Crippen molar-refractivity contribution in [3.63, 3.8) is 0 Å². The molecule has 0 atom stereocenters. The number of halogens is 2. The molecule has 1 aromatic carbocycles. The van der Waals surface area contributed by atoms with E-state index in [2.05, 4.69) is 25.9 Å². The minimum absolute atomic E-state index is 0.0915. The van der Waals surface area contributed by atoms with Crippen LogP contribution in [0.2, 0.25) is 0 Å². The van der Waals surface area contributed by atoms with E-state index in [-0.39, 0.29) is 21.3 Å². The lowest BCUT2D eigenvalue weighted by molar-refractivity contribution is 0.414. The maximum Gasteiger partial charge on any atom is 0.270 e. The number of nitrogens with zero attached hydrogens (tertiary/aromatic N) is 2. The third-order valence-electron chi connectivity index (χ3n) is 2.70. The molecule has 2 aromatic rings. The highest BCUT2D eigenvalue weighted by Crippen LogP contribution is 2.34. The van der Waals surface area contributed by atoms with E-state index in [9.17, 15) is 9.18 Å². The van der Waals surface area contributed by atoms with E-state index in [4.69, 9.17) is 10.00 Å². The number of methoxy groups -OCH3 is 1. The Bertz CT molecular complexity index is 801. The highest BCUT2D eigenvalue weighted by molar-refractivity contribution is 9.10. The molecule has 0 saturated carbocycles. The molecule has 0 aliphatic rings. The Morgan fingerprint density at radius 2 is 2.24 bits per heavy atom. The highest BCUT2D eigenvalue weighted by atomic mass is 79.9. The van der Waals surface area contributed by atoms with Gasteiger partial charge in [0.05, 0.1) is 11.6 Å². The Balaban J connectivity index is 2.84. The van der Waals surface area contributed by atoms with Crippen molar-refractivity contribution in [3.8, 4) is 23.1 Å².